The second-order valence-corrected chi connectivity index (χ2v) is 6.10. The van der Waals surface area contributed by atoms with Crippen LogP contribution in [0.5, 0.6) is 0 Å². The minimum Gasteiger partial charge on any atom is -0.439 e. The van der Waals surface area contributed by atoms with Crippen LogP contribution in [0.4, 0.5) is 11.6 Å². The summed E-state index contributed by atoms with van der Waals surface area (Å²) in [6.45, 7) is 0. The number of hydrogen-bond donors (Lipinski definition) is 1. The van der Waals surface area contributed by atoms with E-state index in [0.29, 0.717) is 33.7 Å². The third kappa shape index (κ3) is 2.57. The number of pyridine rings is 1. The lowest BCUT2D eigenvalue weighted by Crippen LogP contribution is -2.00. The molecular weight excluding hydrogens is 340 g/mol. The van der Waals surface area contributed by atoms with Crippen LogP contribution in [0.25, 0.3) is 33.2 Å². The normalized spacial score (nSPS) is 11.1. The van der Waals surface area contributed by atoms with Crippen molar-refractivity contribution in [2.24, 2.45) is 0 Å². The molecule has 0 aliphatic carbocycles. The van der Waals surface area contributed by atoms with Crippen LogP contribution in [0, 0.1) is 0 Å². The Morgan fingerprint density at radius 3 is 2.41 bits per heavy atom. The van der Waals surface area contributed by atoms with Gasteiger partial charge in [0, 0.05) is 11.9 Å². The lowest BCUT2D eigenvalue weighted by atomic mass is 10.1. The summed E-state index contributed by atoms with van der Waals surface area (Å²) in [5.41, 5.74) is 2.60. The van der Waals surface area contributed by atoms with E-state index in [9.17, 15) is 4.79 Å². The molecule has 0 radical (unpaired) electrons. The van der Waals surface area contributed by atoms with Crippen molar-refractivity contribution in [3.8, 4) is 11.3 Å². The Morgan fingerprint density at radius 1 is 0.815 bits per heavy atom. The van der Waals surface area contributed by atoms with E-state index in [1.165, 1.54) is 0 Å². The summed E-state index contributed by atoms with van der Waals surface area (Å²) < 4.78 is 11.7. The Labute approximate surface area is 153 Å². The van der Waals surface area contributed by atoms with Crippen molar-refractivity contribution in [2.75, 3.05) is 5.32 Å². The van der Waals surface area contributed by atoms with Gasteiger partial charge in [-0.15, -0.1) is 0 Å². The van der Waals surface area contributed by atoms with Crippen LogP contribution in [0.2, 0.25) is 0 Å². The lowest BCUT2D eigenvalue weighted by Gasteiger charge is -2.05. The Bertz CT molecular complexity index is 1310. The van der Waals surface area contributed by atoms with E-state index >= 15 is 0 Å². The van der Waals surface area contributed by atoms with Gasteiger partial charge in [-0.3, -0.25) is 4.98 Å². The zero-order chi connectivity index (χ0) is 18.2. The topological polar surface area (TPSA) is 68.3 Å². The molecular formula is C22H14N2O3. The molecule has 5 rings (SSSR count). The van der Waals surface area contributed by atoms with Crippen LogP contribution in [0.3, 0.4) is 0 Å². The Hall–Kier alpha value is -3.86. The summed E-state index contributed by atoms with van der Waals surface area (Å²) in [5.74, 6) is 0.457. The quantitative estimate of drug-likeness (QED) is 0.443. The van der Waals surface area contributed by atoms with Crippen LogP contribution < -0.4 is 10.9 Å². The fourth-order valence-corrected chi connectivity index (χ4v) is 3.21. The molecule has 3 aromatic heterocycles. The molecule has 0 unspecified atom stereocenters. The van der Waals surface area contributed by atoms with Crippen molar-refractivity contribution in [3.63, 3.8) is 0 Å². The van der Waals surface area contributed by atoms with E-state index in [4.69, 9.17) is 8.83 Å². The molecule has 2 aromatic carbocycles. The van der Waals surface area contributed by atoms with Gasteiger partial charge < -0.3 is 14.2 Å². The highest BCUT2D eigenvalue weighted by Gasteiger charge is 2.23. The zero-order valence-electron chi connectivity index (χ0n) is 14.2. The second-order valence-electron chi connectivity index (χ2n) is 6.10. The average molecular weight is 354 g/mol. The summed E-state index contributed by atoms with van der Waals surface area (Å²) in [6, 6.07) is 22.5. The molecule has 0 amide bonds. The van der Waals surface area contributed by atoms with E-state index in [0.717, 1.165) is 11.1 Å². The second kappa shape index (κ2) is 6.14. The van der Waals surface area contributed by atoms with E-state index in [-0.39, 0.29) is 0 Å². The van der Waals surface area contributed by atoms with Crippen molar-refractivity contribution in [1.82, 2.24) is 4.98 Å². The van der Waals surface area contributed by atoms with Crippen LogP contribution in [-0.4, -0.2) is 4.98 Å². The first-order valence-corrected chi connectivity index (χ1v) is 8.53. The molecule has 0 atom stereocenters. The third-order valence-corrected chi connectivity index (χ3v) is 4.40. The highest BCUT2D eigenvalue weighted by atomic mass is 16.4. The fraction of sp³-hybridized carbons (Fsp3) is 0. The molecule has 1 N–H and O–H groups in total. The van der Waals surface area contributed by atoms with Gasteiger partial charge in [0.15, 0.2) is 5.58 Å². The molecule has 0 aliphatic rings. The van der Waals surface area contributed by atoms with E-state index < -0.39 is 5.63 Å². The number of hydrogen-bond acceptors (Lipinski definition) is 5. The third-order valence-electron chi connectivity index (χ3n) is 4.40. The summed E-state index contributed by atoms with van der Waals surface area (Å²) in [5, 5.41) is 4.39. The average Bonchev–Trinajstić information content (AvgIpc) is 3.09. The highest BCUT2D eigenvalue weighted by Crippen LogP contribution is 2.39. The van der Waals surface area contributed by atoms with Gasteiger partial charge in [-0.2, -0.15) is 0 Å². The van der Waals surface area contributed by atoms with E-state index in [2.05, 4.69) is 10.3 Å². The summed E-state index contributed by atoms with van der Waals surface area (Å²) >= 11 is 0. The van der Waals surface area contributed by atoms with Gasteiger partial charge in [-0.1, -0.05) is 36.4 Å². The standard InChI is InChI=1S/C22H14N2O3/c25-22-19-18(16-11-6-7-13-23-16)21(24-14-8-2-1-3-9-14)27-20(19)15-10-4-5-12-17(15)26-22/h1-13,24H. The Kier molecular flexibility index (Phi) is 3.50. The van der Waals surface area contributed by atoms with E-state index in [1.807, 2.05) is 66.7 Å². The molecule has 0 bridgehead atoms. The number of fused-ring (bicyclic) bond motifs is 3. The van der Waals surface area contributed by atoms with Gasteiger partial charge in [-0.25, -0.2) is 4.79 Å². The van der Waals surface area contributed by atoms with Gasteiger partial charge in [0.25, 0.3) is 0 Å². The first-order valence-electron chi connectivity index (χ1n) is 8.53. The number of aromatic nitrogens is 1. The first kappa shape index (κ1) is 15.4. The molecule has 27 heavy (non-hydrogen) atoms. The van der Waals surface area contributed by atoms with Crippen LogP contribution in [0.15, 0.2) is 92.6 Å². The summed E-state index contributed by atoms with van der Waals surface area (Å²) in [7, 11) is 0. The maximum Gasteiger partial charge on any atom is 0.348 e. The lowest BCUT2D eigenvalue weighted by molar-refractivity contribution is 0.566. The van der Waals surface area contributed by atoms with Crippen LogP contribution >= 0.6 is 0 Å². The van der Waals surface area contributed by atoms with Gasteiger partial charge >= 0.3 is 5.63 Å². The first-order chi connectivity index (χ1) is 13.3. The largest absolute Gasteiger partial charge is 0.439 e. The van der Waals surface area contributed by atoms with Gasteiger partial charge in [0.1, 0.15) is 11.0 Å². The van der Waals surface area contributed by atoms with Gasteiger partial charge in [-0.05, 0) is 36.4 Å². The van der Waals surface area contributed by atoms with Crippen molar-refractivity contribution >= 4 is 33.5 Å². The van der Waals surface area contributed by atoms with Crippen LogP contribution in [-0.2, 0) is 0 Å². The van der Waals surface area contributed by atoms with Crippen molar-refractivity contribution < 1.29 is 8.83 Å². The molecule has 5 heteroatoms. The van der Waals surface area contributed by atoms with Crippen molar-refractivity contribution in [1.29, 1.82) is 0 Å². The molecule has 0 fully saturated rings. The highest BCUT2D eigenvalue weighted by molar-refractivity contribution is 6.09. The van der Waals surface area contributed by atoms with Gasteiger partial charge in [0.05, 0.1) is 16.6 Å². The Balaban J connectivity index is 1.86. The number of anilines is 2. The predicted molar refractivity (Wildman–Crippen MR) is 105 cm³/mol. The number of benzene rings is 2. The SMILES string of the molecule is O=c1oc2ccccc2c2oc(Nc3ccccc3)c(-c3ccccn3)c12. The monoisotopic (exact) mass is 354 g/mol. The number of nitrogens with zero attached hydrogens (tertiary/aromatic N) is 1. The molecule has 130 valence electrons. The minimum absolute atomic E-state index is 0.380. The Morgan fingerprint density at radius 2 is 1.59 bits per heavy atom. The molecule has 0 saturated heterocycles. The molecule has 0 spiro atoms. The number of nitrogens with one attached hydrogen (secondary N) is 1. The fourth-order valence-electron chi connectivity index (χ4n) is 3.21. The smallest absolute Gasteiger partial charge is 0.348 e. The van der Waals surface area contributed by atoms with Crippen molar-refractivity contribution in [3.05, 3.63) is 89.4 Å². The molecule has 5 aromatic rings. The van der Waals surface area contributed by atoms with Gasteiger partial charge in [0.2, 0.25) is 5.88 Å². The molecule has 3 heterocycles. The number of para-hydroxylation sites is 2. The maximum atomic E-state index is 12.8. The number of rotatable bonds is 3. The van der Waals surface area contributed by atoms with E-state index in [1.54, 1.807) is 12.3 Å². The molecule has 0 saturated carbocycles. The summed E-state index contributed by atoms with van der Waals surface area (Å²) in [4.78, 5) is 17.2. The molecule has 0 aliphatic heterocycles. The van der Waals surface area contributed by atoms with Crippen molar-refractivity contribution in [2.45, 2.75) is 0 Å². The zero-order valence-corrected chi connectivity index (χ0v) is 14.2. The summed E-state index contributed by atoms with van der Waals surface area (Å²) in [6.07, 6.45) is 1.68. The maximum absolute atomic E-state index is 12.8. The predicted octanol–water partition coefficient (Wildman–Crippen LogP) is 5.34. The molecule has 5 nitrogen and oxygen atoms in total. The minimum atomic E-state index is -0.450. The van der Waals surface area contributed by atoms with Crippen LogP contribution in [0.1, 0.15) is 0 Å². The number of furan rings is 1.